The molecular weight excluding hydrogens is 307 g/mol. The number of carbonyl (C=O) groups is 1. The van der Waals surface area contributed by atoms with Gasteiger partial charge in [0.2, 0.25) is 5.91 Å². The van der Waals surface area contributed by atoms with Crippen molar-refractivity contribution >= 4 is 11.9 Å². The molecule has 0 spiro atoms. The maximum Gasteiger partial charge on any atom is 0.220 e. The summed E-state index contributed by atoms with van der Waals surface area (Å²) in [6.45, 7) is 3.95. The largest absolute Gasteiger partial charge is 0.357 e. The molecule has 0 radical (unpaired) electrons. The Balaban J connectivity index is 1.67. The molecule has 0 unspecified atom stereocenters. The summed E-state index contributed by atoms with van der Waals surface area (Å²) in [5.74, 6) is 0.643. The van der Waals surface area contributed by atoms with Gasteiger partial charge in [-0.05, 0) is 44.2 Å². The lowest BCUT2D eigenvalue weighted by molar-refractivity contribution is -0.121. The van der Waals surface area contributed by atoms with Crippen LogP contribution < -0.4 is 16.0 Å². The molecule has 5 nitrogen and oxygen atoms in total. The molecule has 1 aromatic carbocycles. The first-order chi connectivity index (χ1) is 11.7. The molecule has 0 atom stereocenters. The van der Waals surface area contributed by atoms with Crippen molar-refractivity contribution in [3.8, 4) is 0 Å². The number of nitrogens with one attached hydrogen (secondary N) is 3. The first-order valence-electron chi connectivity index (χ1n) is 8.74. The van der Waals surface area contributed by atoms with Crippen molar-refractivity contribution in [1.82, 2.24) is 16.0 Å². The molecule has 0 heterocycles. The Labute approximate surface area is 143 Å². The zero-order valence-electron chi connectivity index (χ0n) is 14.3. The number of nitrogens with zero attached hydrogens (tertiary/aromatic N) is 1. The van der Waals surface area contributed by atoms with E-state index < -0.39 is 0 Å². The highest BCUT2D eigenvalue weighted by Gasteiger charge is 2.22. The van der Waals surface area contributed by atoms with E-state index in [0.29, 0.717) is 43.5 Å². The Morgan fingerprint density at radius 2 is 2.08 bits per heavy atom. The van der Waals surface area contributed by atoms with Crippen molar-refractivity contribution in [3.05, 3.63) is 35.6 Å². The molecule has 1 amide bonds. The minimum absolute atomic E-state index is 0.116. The summed E-state index contributed by atoms with van der Waals surface area (Å²) in [7, 11) is 0. The van der Waals surface area contributed by atoms with Crippen LogP contribution in [0, 0.1) is 5.82 Å². The molecular formula is C18H27FN4O. The normalized spacial score (nSPS) is 14.3. The number of hydrogen-bond donors (Lipinski definition) is 3. The van der Waals surface area contributed by atoms with Crippen LogP contribution in [0.2, 0.25) is 0 Å². The Kier molecular flexibility index (Phi) is 7.52. The maximum atomic E-state index is 13.6. The minimum atomic E-state index is -0.178. The molecule has 2 rings (SSSR count). The lowest BCUT2D eigenvalue weighted by atomic mass is 10.1. The van der Waals surface area contributed by atoms with Crippen LogP contribution in [0.25, 0.3) is 0 Å². The third-order valence-electron chi connectivity index (χ3n) is 3.76. The molecule has 0 aromatic heterocycles. The minimum Gasteiger partial charge on any atom is -0.357 e. The predicted octanol–water partition coefficient (Wildman–Crippen LogP) is 1.98. The van der Waals surface area contributed by atoms with E-state index in [1.807, 2.05) is 13.0 Å². The first-order valence-corrected chi connectivity index (χ1v) is 8.74. The predicted molar refractivity (Wildman–Crippen MR) is 94.5 cm³/mol. The molecule has 0 bridgehead atoms. The van der Waals surface area contributed by atoms with Crippen molar-refractivity contribution in [1.29, 1.82) is 0 Å². The summed E-state index contributed by atoms with van der Waals surface area (Å²) < 4.78 is 13.6. The molecule has 0 aliphatic heterocycles. The smallest absolute Gasteiger partial charge is 0.220 e. The van der Waals surface area contributed by atoms with E-state index in [1.54, 1.807) is 12.1 Å². The van der Waals surface area contributed by atoms with Crippen LogP contribution in [0.5, 0.6) is 0 Å². The monoisotopic (exact) mass is 334 g/mol. The van der Waals surface area contributed by atoms with E-state index in [4.69, 9.17) is 0 Å². The van der Waals surface area contributed by atoms with Crippen LogP contribution in [0.4, 0.5) is 4.39 Å². The number of carbonyl (C=O) groups excluding carboxylic acids is 1. The summed E-state index contributed by atoms with van der Waals surface area (Å²) in [6, 6.07) is 7.21. The number of aliphatic imine (C=N–C) groups is 1. The van der Waals surface area contributed by atoms with E-state index in [9.17, 15) is 9.18 Å². The van der Waals surface area contributed by atoms with Crippen molar-refractivity contribution < 1.29 is 9.18 Å². The molecule has 3 N–H and O–H groups in total. The highest BCUT2D eigenvalue weighted by molar-refractivity contribution is 5.80. The molecule has 6 heteroatoms. The quantitative estimate of drug-likeness (QED) is 0.368. The van der Waals surface area contributed by atoms with Crippen molar-refractivity contribution in [3.63, 3.8) is 0 Å². The first kappa shape index (κ1) is 18.2. The molecule has 1 aliphatic carbocycles. The van der Waals surface area contributed by atoms with Gasteiger partial charge in [-0.15, -0.1) is 0 Å². The molecule has 0 saturated heterocycles. The van der Waals surface area contributed by atoms with Gasteiger partial charge in [0, 0.05) is 32.1 Å². The van der Waals surface area contributed by atoms with Crippen LogP contribution in [0.15, 0.2) is 29.3 Å². The topological polar surface area (TPSA) is 65.5 Å². The zero-order valence-corrected chi connectivity index (χ0v) is 14.3. The molecule has 132 valence electrons. The van der Waals surface area contributed by atoms with Crippen LogP contribution in [0.3, 0.4) is 0 Å². The van der Waals surface area contributed by atoms with Gasteiger partial charge in [-0.3, -0.25) is 9.79 Å². The standard InChI is InChI=1S/C18H27FN4O/c1-2-20-18(21-12-5-8-17(24)23-15-9-10-15)22-13-11-14-6-3-4-7-16(14)19/h3-4,6-7,15H,2,5,8-13H2,1H3,(H,23,24)(H2,20,21,22). The zero-order chi connectivity index (χ0) is 17.2. The van der Waals surface area contributed by atoms with Crippen molar-refractivity contribution in [2.24, 2.45) is 4.99 Å². The van der Waals surface area contributed by atoms with Crippen molar-refractivity contribution in [2.75, 3.05) is 19.6 Å². The van der Waals surface area contributed by atoms with E-state index in [-0.39, 0.29) is 11.7 Å². The van der Waals surface area contributed by atoms with Crippen molar-refractivity contribution in [2.45, 2.75) is 45.1 Å². The van der Waals surface area contributed by atoms with Crippen LogP contribution in [0.1, 0.15) is 38.2 Å². The summed E-state index contributed by atoms with van der Waals surface area (Å²) in [5, 5.41) is 9.33. The van der Waals surface area contributed by atoms with Gasteiger partial charge in [-0.25, -0.2) is 4.39 Å². The molecule has 1 fully saturated rings. The highest BCUT2D eigenvalue weighted by atomic mass is 19.1. The number of rotatable bonds is 9. The van der Waals surface area contributed by atoms with Gasteiger partial charge < -0.3 is 16.0 Å². The van der Waals surface area contributed by atoms with Gasteiger partial charge in [-0.2, -0.15) is 0 Å². The summed E-state index contributed by atoms with van der Waals surface area (Å²) in [4.78, 5) is 16.1. The summed E-state index contributed by atoms with van der Waals surface area (Å²) >= 11 is 0. The van der Waals surface area contributed by atoms with Gasteiger partial charge in [0.15, 0.2) is 5.96 Å². The van der Waals surface area contributed by atoms with E-state index >= 15 is 0 Å². The second-order valence-electron chi connectivity index (χ2n) is 5.97. The van der Waals surface area contributed by atoms with E-state index in [0.717, 1.165) is 25.8 Å². The van der Waals surface area contributed by atoms with Gasteiger partial charge in [0.05, 0.1) is 0 Å². The lowest BCUT2D eigenvalue weighted by Crippen LogP contribution is -2.38. The fourth-order valence-electron chi connectivity index (χ4n) is 2.32. The molecule has 1 aromatic rings. The van der Waals surface area contributed by atoms with Crippen LogP contribution in [-0.4, -0.2) is 37.5 Å². The fourth-order valence-corrected chi connectivity index (χ4v) is 2.32. The summed E-state index contributed by atoms with van der Waals surface area (Å²) in [5.41, 5.74) is 0.692. The fraction of sp³-hybridized carbons (Fsp3) is 0.556. The third kappa shape index (κ3) is 6.98. The number of guanidine groups is 1. The van der Waals surface area contributed by atoms with Gasteiger partial charge >= 0.3 is 0 Å². The van der Waals surface area contributed by atoms with E-state index in [1.165, 1.54) is 6.07 Å². The third-order valence-corrected chi connectivity index (χ3v) is 3.76. The van der Waals surface area contributed by atoms with Crippen LogP contribution >= 0.6 is 0 Å². The second-order valence-corrected chi connectivity index (χ2v) is 5.97. The van der Waals surface area contributed by atoms with Gasteiger partial charge in [-0.1, -0.05) is 18.2 Å². The Bertz CT molecular complexity index is 558. The number of halogens is 1. The Hall–Kier alpha value is -2.11. The average Bonchev–Trinajstić information content (AvgIpc) is 3.37. The number of hydrogen-bond acceptors (Lipinski definition) is 2. The maximum absolute atomic E-state index is 13.6. The Morgan fingerprint density at radius 1 is 1.29 bits per heavy atom. The average molecular weight is 334 g/mol. The summed E-state index contributed by atoms with van der Waals surface area (Å²) in [6.07, 6.45) is 4.05. The Morgan fingerprint density at radius 3 is 2.79 bits per heavy atom. The number of amides is 1. The number of benzene rings is 1. The lowest BCUT2D eigenvalue weighted by Gasteiger charge is -2.11. The molecule has 1 saturated carbocycles. The van der Waals surface area contributed by atoms with Gasteiger partial charge in [0.25, 0.3) is 0 Å². The molecule has 24 heavy (non-hydrogen) atoms. The highest BCUT2D eigenvalue weighted by Crippen LogP contribution is 2.18. The van der Waals surface area contributed by atoms with Gasteiger partial charge in [0.1, 0.15) is 5.82 Å². The SMILES string of the molecule is CCNC(=NCCCC(=O)NC1CC1)NCCc1ccccc1F. The van der Waals surface area contributed by atoms with Crippen LogP contribution in [-0.2, 0) is 11.2 Å². The second kappa shape index (κ2) is 9.90. The molecule has 1 aliphatic rings. The van der Waals surface area contributed by atoms with E-state index in [2.05, 4.69) is 20.9 Å².